The molecule has 0 aliphatic rings. The van der Waals surface area contributed by atoms with Gasteiger partial charge < -0.3 is 15.5 Å². The molecule has 19 heavy (non-hydrogen) atoms. The van der Waals surface area contributed by atoms with Gasteiger partial charge in [-0.1, -0.05) is 6.07 Å². The molecule has 2 rings (SSSR count). The molecule has 0 saturated heterocycles. The first-order valence-electron chi connectivity index (χ1n) is 6.35. The number of hydrogen-bond donors (Lipinski definition) is 2. The van der Waals surface area contributed by atoms with Crippen molar-refractivity contribution in [1.82, 2.24) is 14.7 Å². The van der Waals surface area contributed by atoms with E-state index < -0.39 is 5.41 Å². The first kappa shape index (κ1) is 13.5. The van der Waals surface area contributed by atoms with E-state index in [1.165, 1.54) is 0 Å². The second kappa shape index (κ2) is 5.01. The summed E-state index contributed by atoms with van der Waals surface area (Å²) in [6.45, 7) is 6.87. The van der Waals surface area contributed by atoms with E-state index in [9.17, 15) is 4.79 Å². The van der Waals surface area contributed by atoms with Crippen LogP contribution in [0.4, 0.5) is 0 Å². The van der Waals surface area contributed by atoms with Gasteiger partial charge in [0.1, 0.15) is 5.65 Å². The van der Waals surface area contributed by atoms with Gasteiger partial charge >= 0.3 is 0 Å². The van der Waals surface area contributed by atoms with Crippen LogP contribution in [0.5, 0.6) is 0 Å². The van der Waals surface area contributed by atoms with Gasteiger partial charge in [0, 0.05) is 19.3 Å². The Morgan fingerprint density at radius 3 is 2.89 bits per heavy atom. The van der Waals surface area contributed by atoms with Crippen LogP contribution in [-0.2, 0) is 11.3 Å². The van der Waals surface area contributed by atoms with Crippen molar-refractivity contribution in [2.24, 2.45) is 11.1 Å². The Hall–Kier alpha value is -1.88. The van der Waals surface area contributed by atoms with Gasteiger partial charge in [0.15, 0.2) is 0 Å². The van der Waals surface area contributed by atoms with Crippen LogP contribution in [-0.4, -0.2) is 21.8 Å². The average Bonchev–Trinajstić information content (AvgIpc) is 2.65. The molecule has 2 heterocycles. The van der Waals surface area contributed by atoms with Crippen molar-refractivity contribution >= 4 is 11.6 Å². The first-order valence-corrected chi connectivity index (χ1v) is 6.35. The first-order chi connectivity index (χ1) is 8.92. The van der Waals surface area contributed by atoms with Gasteiger partial charge in [0.2, 0.25) is 5.91 Å². The number of carbonyl (C=O) groups is 1. The van der Waals surface area contributed by atoms with E-state index in [-0.39, 0.29) is 5.91 Å². The summed E-state index contributed by atoms with van der Waals surface area (Å²) in [6, 6.07) is 5.92. The van der Waals surface area contributed by atoms with Crippen LogP contribution in [0.1, 0.15) is 25.2 Å². The highest BCUT2D eigenvalue weighted by atomic mass is 16.1. The lowest BCUT2D eigenvalue weighted by atomic mass is 9.93. The third kappa shape index (κ3) is 2.76. The number of carbonyl (C=O) groups excluding carboxylic acids is 1. The number of nitrogens with zero attached hydrogens (tertiary/aromatic N) is 2. The normalized spacial score (nSPS) is 11.9. The molecule has 0 aliphatic carbocycles. The van der Waals surface area contributed by atoms with Crippen LogP contribution in [0.15, 0.2) is 24.4 Å². The Morgan fingerprint density at radius 1 is 1.47 bits per heavy atom. The van der Waals surface area contributed by atoms with Crippen molar-refractivity contribution in [3.8, 4) is 0 Å². The predicted molar refractivity (Wildman–Crippen MR) is 74.6 cm³/mol. The summed E-state index contributed by atoms with van der Waals surface area (Å²) < 4.78 is 2.06. The summed E-state index contributed by atoms with van der Waals surface area (Å²) >= 11 is 0. The minimum atomic E-state index is -0.547. The van der Waals surface area contributed by atoms with E-state index in [1.54, 1.807) is 0 Å². The van der Waals surface area contributed by atoms with Gasteiger partial charge in [-0.25, -0.2) is 4.98 Å². The Balaban J connectivity index is 2.10. The molecule has 5 nitrogen and oxygen atoms in total. The number of imidazole rings is 1. The van der Waals surface area contributed by atoms with Crippen molar-refractivity contribution in [2.45, 2.75) is 27.3 Å². The number of primary amides is 1. The zero-order valence-electron chi connectivity index (χ0n) is 11.6. The summed E-state index contributed by atoms with van der Waals surface area (Å²) in [5.74, 6) is -0.296. The molecule has 0 fully saturated rings. The highest BCUT2D eigenvalue weighted by Gasteiger charge is 2.24. The predicted octanol–water partition coefficient (Wildman–Crippen LogP) is 1.24. The number of fused-ring (bicyclic) bond motifs is 1. The van der Waals surface area contributed by atoms with Crippen molar-refractivity contribution in [3.63, 3.8) is 0 Å². The topological polar surface area (TPSA) is 72.4 Å². The molecule has 0 aromatic carbocycles. The minimum absolute atomic E-state index is 0.296. The molecule has 102 valence electrons. The third-order valence-electron chi connectivity index (χ3n) is 3.36. The SMILES string of the molecule is Cc1nc2ccccn2c1CNCC(C)(C)C(N)=O. The lowest BCUT2D eigenvalue weighted by molar-refractivity contribution is -0.125. The smallest absolute Gasteiger partial charge is 0.224 e. The van der Waals surface area contributed by atoms with E-state index in [2.05, 4.69) is 14.7 Å². The lowest BCUT2D eigenvalue weighted by Crippen LogP contribution is -2.40. The third-order valence-corrected chi connectivity index (χ3v) is 3.36. The molecule has 0 unspecified atom stereocenters. The molecule has 0 saturated carbocycles. The van der Waals surface area contributed by atoms with E-state index in [4.69, 9.17) is 5.73 Å². The molecule has 0 spiro atoms. The summed E-state index contributed by atoms with van der Waals surface area (Å²) in [7, 11) is 0. The van der Waals surface area contributed by atoms with Gasteiger partial charge in [-0.2, -0.15) is 0 Å². The van der Waals surface area contributed by atoms with Crippen LogP contribution in [0, 0.1) is 12.3 Å². The standard InChI is InChI=1S/C14H20N4O/c1-10-11(8-16-9-14(2,3)13(15)19)18-7-5-4-6-12(18)17-10/h4-7,16H,8-9H2,1-3H3,(H2,15,19). The molecule has 0 aliphatic heterocycles. The number of nitrogens with one attached hydrogen (secondary N) is 1. The second-order valence-corrected chi connectivity index (χ2v) is 5.42. The van der Waals surface area contributed by atoms with Crippen molar-refractivity contribution < 1.29 is 4.79 Å². The Kier molecular flexibility index (Phi) is 3.57. The highest BCUT2D eigenvalue weighted by molar-refractivity contribution is 5.80. The maximum atomic E-state index is 11.3. The molecule has 0 radical (unpaired) electrons. The van der Waals surface area contributed by atoms with Crippen LogP contribution in [0.2, 0.25) is 0 Å². The van der Waals surface area contributed by atoms with Crippen molar-refractivity contribution in [1.29, 1.82) is 0 Å². The van der Waals surface area contributed by atoms with Crippen LogP contribution in [0.25, 0.3) is 5.65 Å². The van der Waals surface area contributed by atoms with Gasteiger partial charge in [-0.15, -0.1) is 0 Å². The highest BCUT2D eigenvalue weighted by Crippen LogP contribution is 2.14. The Morgan fingerprint density at radius 2 is 2.21 bits per heavy atom. The fourth-order valence-corrected chi connectivity index (χ4v) is 1.96. The fourth-order valence-electron chi connectivity index (χ4n) is 1.96. The van der Waals surface area contributed by atoms with Gasteiger partial charge in [-0.05, 0) is 32.9 Å². The average molecular weight is 260 g/mol. The number of aromatic nitrogens is 2. The summed E-state index contributed by atoms with van der Waals surface area (Å²) in [6.07, 6.45) is 1.99. The largest absolute Gasteiger partial charge is 0.369 e. The number of rotatable bonds is 5. The van der Waals surface area contributed by atoms with E-state index in [0.717, 1.165) is 17.0 Å². The van der Waals surface area contributed by atoms with Crippen molar-refractivity contribution in [2.75, 3.05) is 6.54 Å². The minimum Gasteiger partial charge on any atom is -0.369 e. The molecule has 2 aromatic rings. The van der Waals surface area contributed by atoms with E-state index in [0.29, 0.717) is 13.1 Å². The zero-order valence-corrected chi connectivity index (χ0v) is 11.6. The van der Waals surface area contributed by atoms with Gasteiger partial charge in [-0.3, -0.25) is 4.79 Å². The quantitative estimate of drug-likeness (QED) is 0.849. The van der Waals surface area contributed by atoms with Gasteiger partial charge in [0.25, 0.3) is 0 Å². The number of pyridine rings is 1. The molecule has 0 atom stereocenters. The molecule has 3 N–H and O–H groups in total. The van der Waals surface area contributed by atoms with Crippen molar-refractivity contribution in [3.05, 3.63) is 35.8 Å². The van der Waals surface area contributed by atoms with Crippen LogP contribution < -0.4 is 11.1 Å². The summed E-state index contributed by atoms with van der Waals surface area (Å²) in [4.78, 5) is 15.8. The van der Waals surface area contributed by atoms with Crippen LogP contribution >= 0.6 is 0 Å². The van der Waals surface area contributed by atoms with Gasteiger partial charge in [0.05, 0.1) is 16.8 Å². The second-order valence-electron chi connectivity index (χ2n) is 5.42. The number of aryl methyl sites for hydroxylation is 1. The number of amides is 1. The molecule has 5 heteroatoms. The molecule has 2 aromatic heterocycles. The van der Waals surface area contributed by atoms with E-state index >= 15 is 0 Å². The molecule has 0 bridgehead atoms. The maximum Gasteiger partial charge on any atom is 0.224 e. The molecule has 1 amide bonds. The Bertz CT molecular complexity index is 601. The Labute approximate surface area is 112 Å². The monoisotopic (exact) mass is 260 g/mol. The molecular weight excluding hydrogens is 240 g/mol. The molecular formula is C14H20N4O. The fraction of sp³-hybridized carbons (Fsp3) is 0.429. The number of nitrogens with two attached hydrogens (primary N) is 1. The lowest BCUT2D eigenvalue weighted by Gasteiger charge is -2.20. The number of hydrogen-bond acceptors (Lipinski definition) is 3. The zero-order chi connectivity index (χ0) is 14.0. The van der Waals surface area contributed by atoms with Crippen LogP contribution in [0.3, 0.4) is 0 Å². The summed E-state index contributed by atoms with van der Waals surface area (Å²) in [5, 5.41) is 3.28. The van der Waals surface area contributed by atoms with E-state index in [1.807, 2.05) is 45.2 Å². The summed E-state index contributed by atoms with van der Waals surface area (Å²) in [5.41, 5.74) is 7.85. The maximum absolute atomic E-state index is 11.3.